The second-order valence-electron chi connectivity index (χ2n) is 5.03. The lowest BCUT2D eigenvalue weighted by atomic mass is 10.3. The third-order valence-electron chi connectivity index (χ3n) is 3.64. The Labute approximate surface area is 124 Å². The molecule has 0 aliphatic carbocycles. The van der Waals surface area contributed by atoms with Gasteiger partial charge in [-0.25, -0.2) is 15.0 Å². The fraction of sp³-hybridized carbons (Fsp3) is 0.400. The Morgan fingerprint density at radius 1 is 1.00 bits per heavy atom. The maximum atomic E-state index is 5.15. The SMILES string of the molecule is COc1cc(N2CCN(c3cccc(C)n3)CC2)ncn1. The maximum absolute atomic E-state index is 5.15. The molecule has 1 fully saturated rings. The molecule has 6 heteroatoms. The van der Waals surface area contributed by atoms with Crippen LogP contribution >= 0.6 is 0 Å². The Bertz CT molecular complexity index is 611. The van der Waals surface area contributed by atoms with Crippen molar-refractivity contribution in [2.75, 3.05) is 43.1 Å². The molecule has 2 aromatic heterocycles. The molecule has 0 aromatic carbocycles. The van der Waals surface area contributed by atoms with Gasteiger partial charge < -0.3 is 14.5 Å². The van der Waals surface area contributed by atoms with E-state index in [1.54, 1.807) is 13.4 Å². The third kappa shape index (κ3) is 3.04. The van der Waals surface area contributed by atoms with Gasteiger partial charge in [-0.3, -0.25) is 0 Å². The normalized spacial score (nSPS) is 15.1. The highest BCUT2D eigenvalue weighted by Gasteiger charge is 2.19. The zero-order valence-electron chi connectivity index (χ0n) is 12.4. The van der Waals surface area contributed by atoms with Gasteiger partial charge in [0.05, 0.1) is 7.11 Å². The molecule has 3 heterocycles. The van der Waals surface area contributed by atoms with Crippen molar-refractivity contribution >= 4 is 11.6 Å². The summed E-state index contributed by atoms with van der Waals surface area (Å²) in [5.74, 6) is 2.57. The summed E-state index contributed by atoms with van der Waals surface area (Å²) in [5, 5.41) is 0. The number of ether oxygens (including phenoxy) is 1. The molecule has 21 heavy (non-hydrogen) atoms. The quantitative estimate of drug-likeness (QED) is 0.852. The maximum Gasteiger partial charge on any atom is 0.218 e. The van der Waals surface area contributed by atoms with Gasteiger partial charge in [-0.2, -0.15) is 0 Å². The Balaban J connectivity index is 1.67. The summed E-state index contributed by atoms with van der Waals surface area (Å²) in [4.78, 5) is 17.5. The largest absolute Gasteiger partial charge is 0.481 e. The first kappa shape index (κ1) is 13.6. The second kappa shape index (κ2) is 5.95. The highest BCUT2D eigenvalue weighted by atomic mass is 16.5. The van der Waals surface area contributed by atoms with Crippen LogP contribution in [0.15, 0.2) is 30.6 Å². The van der Waals surface area contributed by atoms with Gasteiger partial charge in [0.2, 0.25) is 5.88 Å². The van der Waals surface area contributed by atoms with Crippen LogP contribution in [0.3, 0.4) is 0 Å². The van der Waals surface area contributed by atoms with Crippen LogP contribution in [-0.4, -0.2) is 48.2 Å². The molecule has 2 aromatic rings. The molecule has 0 spiro atoms. The van der Waals surface area contributed by atoms with Crippen molar-refractivity contribution in [2.24, 2.45) is 0 Å². The Hall–Kier alpha value is -2.37. The van der Waals surface area contributed by atoms with E-state index >= 15 is 0 Å². The Kier molecular flexibility index (Phi) is 3.85. The van der Waals surface area contributed by atoms with Crippen LogP contribution in [0.2, 0.25) is 0 Å². The van der Waals surface area contributed by atoms with Crippen LogP contribution in [-0.2, 0) is 0 Å². The first-order valence-electron chi connectivity index (χ1n) is 7.06. The van der Waals surface area contributed by atoms with Gasteiger partial charge in [-0.15, -0.1) is 0 Å². The first-order chi connectivity index (χ1) is 10.3. The van der Waals surface area contributed by atoms with Crippen LogP contribution in [0.5, 0.6) is 5.88 Å². The van der Waals surface area contributed by atoms with Crippen molar-refractivity contribution in [1.82, 2.24) is 15.0 Å². The average molecular weight is 285 g/mol. The van der Waals surface area contributed by atoms with Crippen molar-refractivity contribution in [2.45, 2.75) is 6.92 Å². The van der Waals surface area contributed by atoms with E-state index in [0.717, 1.165) is 43.5 Å². The number of nitrogens with zero attached hydrogens (tertiary/aromatic N) is 5. The zero-order valence-corrected chi connectivity index (χ0v) is 12.4. The third-order valence-corrected chi connectivity index (χ3v) is 3.64. The highest BCUT2D eigenvalue weighted by molar-refractivity contribution is 5.46. The van der Waals surface area contributed by atoms with E-state index in [0.29, 0.717) is 5.88 Å². The topological polar surface area (TPSA) is 54.4 Å². The number of piperazine rings is 1. The molecule has 3 rings (SSSR count). The van der Waals surface area contributed by atoms with Gasteiger partial charge in [0.25, 0.3) is 0 Å². The molecule has 0 N–H and O–H groups in total. The minimum Gasteiger partial charge on any atom is -0.481 e. The number of hydrogen-bond acceptors (Lipinski definition) is 6. The highest BCUT2D eigenvalue weighted by Crippen LogP contribution is 2.19. The predicted molar refractivity (Wildman–Crippen MR) is 82.0 cm³/mol. The van der Waals surface area contributed by atoms with Gasteiger partial charge >= 0.3 is 0 Å². The summed E-state index contributed by atoms with van der Waals surface area (Å²) in [6.07, 6.45) is 1.54. The summed E-state index contributed by atoms with van der Waals surface area (Å²) in [7, 11) is 1.62. The number of pyridine rings is 1. The van der Waals surface area contributed by atoms with E-state index in [2.05, 4.69) is 36.9 Å². The fourth-order valence-corrected chi connectivity index (χ4v) is 2.48. The van der Waals surface area contributed by atoms with Gasteiger partial charge in [0.1, 0.15) is 18.0 Å². The lowest BCUT2D eigenvalue weighted by Crippen LogP contribution is -2.47. The van der Waals surface area contributed by atoms with E-state index in [9.17, 15) is 0 Å². The molecule has 1 saturated heterocycles. The Morgan fingerprint density at radius 3 is 2.38 bits per heavy atom. The van der Waals surface area contributed by atoms with E-state index in [1.165, 1.54) is 0 Å². The molecular formula is C15H19N5O. The lowest BCUT2D eigenvalue weighted by Gasteiger charge is -2.36. The van der Waals surface area contributed by atoms with Crippen LogP contribution in [0.1, 0.15) is 5.69 Å². The van der Waals surface area contributed by atoms with Gasteiger partial charge in [-0.1, -0.05) is 6.07 Å². The van der Waals surface area contributed by atoms with Gasteiger partial charge in [0.15, 0.2) is 0 Å². The van der Waals surface area contributed by atoms with E-state index < -0.39 is 0 Å². The number of rotatable bonds is 3. The number of aryl methyl sites for hydroxylation is 1. The summed E-state index contributed by atoms with van der Waals surface area (Å²) in [6, 6.07) is 8.02. The molecule has 0 radical (unpaired) electrons. The van der Waals surface area contributed by atoms with E-state index in [4.69, 9.17) is 4.74 Å². The molecule has 6 nitrogen and oxygen atoms in total. The molecule has 0 atom stereocenters. The molecule has 1 aliphatic heterocycles. The van der Waals surface area contributed by atoms with Crippen molar-refractivity contribution in [3.05, 3.63) is 36.3 Å². The number of anilines is 2. The summed E-state index contributed by atoms with van der Waals surface area (Å²) in [5.41, 5.74) is 1.05. The zero-order chi connectivity index (χ0) is 14.7. The first-order valence-corrected chi connectivity index (χ1v) is 7.06. The molecular weight excluding hydrogens is 266 g/mol. The van der Waals surface area contributed by atoms with Crippen molar-refractivity contribution in [3.8, 4) is 5.88 Å². The van der Waals surface area contributed by atoms with Crippen molar-refractivity contribution in [1.29, 1.82) is 0 Å². The monoisotopic (exact) mass is 285 g/mol. The molecule has 0 saturated carbocycles. The van der Waals surface area contributed by atoms with Crippen LogP contribution in [0.25, 0.3) is 0 Å². The Morgan fingerprint density at radius 2 is 1.71 bits per heavy atom. The van der Waals surface area contributed by atoms with E-state index in [1.807, 2.05) is 19.1 Å². The minimum absolute atomic E-state index is 0.600. The van der Waals surface area contributed by atoms with Gasteiger partial charge in [-0.05, 0) is 19.1 Å². The van der Waals surface area contributed by atoms with Crippen LogP contribution < -0.4 is 14.5 Å². The van der Waals surface area contributed by atoms with Crippen LogP contribution in [0, 0.1) is 6.92 Å². The standard InChI is InChI=1S/C15H19N5O/c1-12-4-3-5-13(18-12)19-6-8-20(9-7-19)14-10-15(21-2)17-11-16-14/h3-5,10-11H,6-9H2,1-2H3. The molecule has 1 aliphatic rings. The molecule has 110 valence electrons. The summed E-state index contributed by atoms with van der Waals surface area (Å²) < 4.78 is 5.15. The molecule has 0 amide bonds. The molecule has 0 unspecified atom stereocenters. The second-order valence-corrected chi connectivity index (χ2v) is 5.03. The number of methoxy groups -OCH3 is 1. The molecule has 0 bridgehead atoms. The minimum atomic E-state index is 0.600. The number of hydrogen-bond donors (Lipinski definition) is 0. The van der Waals surface area contributed by atoms with Crippen molar-refractivity contribution in [3.63, 3.8) is 0 Å². The summed E-state index contributed by atoms with van der Waals surface area (Å²) in [6.45, 7) is 5.71. The van der Waals surface area contributed by atoms with E-state index in [-0.39, 0.29) is 0 Å². The van der Waals surface area contributed by atoms with Crippen LogP contribution in [0.4, 0.5) is 11.6 Å². The summed E-state index contributed by atoms with van der Waals surface area (Å²) >= 11 is 0. The van der Waals surface area contributed by atoms with Gasteiger partial charge in [0, 0.05) is 37.9 Å². The predicted octanol–water partition coefficient (Wildman–Crippen LogP) is 1.52. The lowest BCUT2D eigenvalue weighted by molar-refractivity contribution is 0.396. The average Bonchev–Trinajstić information content (AvgIpc) is 2.55. The van der Waals surface area contributed by atoms with Crippen molar-refractivity contribution < 1.29 is 4.74 Å². The smallest absolute Gasteiger partial charge is 0.218 e. The fourth-order valence-electron chi connectivity index (χ4n) is 2.48. The number of aromatic nitrogens is 3.